The Morgan fingerprint density at radius 3 is 2.27 bits per heavy atom. The van der Waals surface area contributed by atoms with Gasteiger partial charge in [0.1, 0.15) is 0 Å². The van der Waals surface area contributed by atoms with E-state index in [9.17, 15) is 8.42 Å². The molecule has 1 rings (SSSR count). The molecule has 0 radical (unpaired) electrons. The summed E-state index contributed by atoms with van der Waals surface area (Å²) in [4.78, 5) is 0. The Kier molecular flexibility index (Phi) is 4.14. The maximum atomic E-state index is 11.8. The molecule has 4 nitrogen and oxygen atoms in total. The molecule has 1 N–H and O–H groups in total. The molecule has 0 amide bonds. The monoisotopic (exact) mass is 234 g/mol. The van der Waals surface area contributed by atoms with Crippen LogP contribution in [0.4, 0.5) is 0 Å². The van der Waals surface area contributed by atoms with Gasteiger partial charge in [-0.05, 0) is 25.3 Å². The van der Waals surface area contributed by atoms with Crippen LogP contribution in [0.1, 0.15) is 26.7 Å². The van der Waals surface area contributed by atoms with Crippen LogP contribution in [0.25, 0.3) is 0 Å². The average Bonchev–Trinajstić information content (AvgIpc) is 2.14. The summed E-state index contributed by atoms with van der Waals surface area (Å²) in [6.45, 7) is 6.29. The van der Waals surface area contributed by atoms with Gasteiger partial charge in [0.2, 0.25) is 10.0 Å². The van der Waals surface area contributed by atoms with E-state index in [1.807, 2.05) is 0 Å². The topological polar surface area (TPSA) is 49.4 Å². The van der Waals surface area contributed by atoms with E-state index in [2.05, 4.69) is 19.2 Å². The zero-order valence-electron chi connectivity index (χ0n) is 9.91. The lowest BCUT2D eigenvalue weighted by molar-refractivity contribution is 0.196. The second kappa shape index (κ2) is 4.80. The highest BCUT2D eigenvalue weighted by atomic mass is 32.2. The van der Waals surface area contributed by atoms with E-state index in [1.165, 1.54) is 0 Å². The summed E-state index contributed by atoms with van der Waals surface area (Å²) < 4.78 is 25.3. The van der Waals surface area contributed by atoms with Crippen molar-refractivity contribution in [1.29, 1.82) is 0 Å². The summed E-state index contributed by atoms with van der Waals surface area (Å²) in [7, 11) is -1.25. The number of rotatable bonds is 4. The van der Waals surface area contributed by atoms with E-state index in [0.717, 1.165) is 12.8 Å². The molecule has 0 unspecified atom stereocenters. The lowest BCUT2D eigenvalue weighted by atomic mass is 9.83. The van der Waals surface area contributed by atoms with E-state index in [-0.39, 0.29) is 5.75 Å². The third-order valence-corrected chi connectivity index (χ3v) is 4.95. The van der Waals surface area contributed by atoms with Crippen molar-refractivity contribution in [2.45, 2.75) is 26.7 Å². The van der Waals surface area contributed by atoms with Crippen molar-refractivity contribution < 1.29 is 8.42 Å². The molecule has 0 atom stereocenters. The minimum Gasteiger partial charge on any atom is -0.319 e. The van der Waals surface area contributed by atoms with Gasteiger partial charge in [-0.15, -0.1) is 0 Å². The highest BCUT2D eigenvalue weighted by Crippen LogP contribution is 2.30. The van der Waals surface area contributed by atoms with Crippen LogP contribution in [-0.2, 0) is 10.0 Å². The van der Waals surface area contributed by atoms with Crippen molar-refractivity contribution in [3.63, 3.8) is 0 Å². The molecule has 0 aliphatic carbocycles. The first-order valence-electron chi connectivity index (χ1n) is 5.50. The van der Waals surface area contributed by atoms with Crippen LogP contribution in [0.5, 0.6) is 0 Å². The molecular weight excluding hydrogens is 212 g/mol. The highest BCUT2D eigenvalue weighted by Gasteiger charge is 2.31. The zero-order valence-corrected chi connectivity index (χ0v) is 10.7. The van der Waals surface area contributed by atoms with Crippen LogP contribution >= 0.6 is 0 Å². The second-order valence-corrected chi connectivity index (χ2v) is 7.07. The number of hydrogen-bond donors (Lipinski definition) is 1. The number of nitrogens with zero attached hydrogens (tertiary/aromatic N) is 1. The van der Waals surface area contributed by atoms with Crippen LogP contribution in [0.15, 0.2) is 0 Å². The summed E-state index contributed by atoms with van der Waals surface area (Å²) in [6, 6.07) is 0. The Balaban J connectivity index is 2.52. The molecule has 0 aromatic carbocycles. The van der Waals surface area contributed by atoms with Crippen LogP contribution in [-0.4, -0.2) is 45.2 Å². The van der Waals surface area contributed by atoms with E-state index in [0.29, 0.717) is 25.0 Å². The first-order valence-corrected chi connectivity index (χ1v) is 7.11. The smallest absolute Gasteiger partial charge is 0.215 e. The van der Waals surface area contributed by atoms with Crippen molar-refractivity contribution in [2.75, 3.05) is 32.4 Å². The van der Waals surface area contributed by atoms with Crippen LogP contribution in [0.3, 0.4) is 0 Å². The van der Waals surface area contributed by atoms with Crippen LogP contribution in [0, 0.1) is 5.41 Å². The Hall–Kier alpha value is -0.130. The molecule has 1 heterocycles. The number of nitrogens with one attached hydrogen (secondary N) is 1. The molecule has 0 spiro atoms. The third-order valence-electron chi connectivity index (χ3n) is 3.08. The molecule has 0 bridgehead atoms. The van der Waals surface area contributed by atoms with Crippen LogP contribution < -0.4 is 5.32 Å². The fourth-order valence-corrected chi connectivity index (χ4v) is 3.19. The minimum absolute atomic E-state index is 0.212. The molecule has 1 fully saturated rings. The van der Waals surface area contributed by atoms with E-state index in [1.54, 1.807) is 11.4 Å². The maximum Gasteiger partial charge on any atom is 0.215 e. The van der Waals surface area contributed by atoms with Gasteiger partial charge in [-0.1, -0.05) is 13.8 Å². The van der Waals surface area contributed by atoms with E-state index >= 15 is 0 Å². The number of piperidine rings is 1. The Labute approximate surface area is 93.1 Å². The minimum atomic E-state index is -3.02. The highest BCUT2D eigenvalue weighted by molar-refractivity contribution is 7.89. The van der Waals surface area contributed by atoms with Gasteiger partial charge in [-0.25, -0.2) is 12.7 Å². The van der Waals surface area contributed by atoms with Gasteiger partial charge in [0, 0.05) is 19.6 Å². The normalized spacial score (nSPS) is 22.9. The lowest BCUT2D eigenvalue weighted by Gasteiger charge is -2.36. The lowest BCUT2D eigenvalue weighted by Crippen LogP contribution is -2.43. The van der Waals surface area contributed by atoms with Gasteiger partial charge in [0.25, 0.3) is 0 Å². The molecule has 1 aliphatic rings. The first-order chi connectivity index (χ1) is 6.87. The average molecular weight is 234 g/mol. The second-order valence-electron chi connectivity index (χ2n) is 4.98. The molecule has 1 aliphatic heterocycles. The quantitative estimate of drug-likeness (QED) is 0.777. The summed E-state index contributed by atoms with van der Waals surface area (Å²) in [5.41, 5.74) is 0.301. The molecule has 90 valence electrons. The predicted octanol–water partition coefficient (Wildman–Crippen LogP) is 0.658. The van der Waals surface area contributed by atoms with Gasteiger partial charge in [0.15, 0.2) is 0 Å². The standard InChI is InChI=1S/C10H22N2O2S/c1-10(2)4-7-12(8-5-10)15(13,14)9-6-11-3/h11H,4-9H2,1-3H3. The molecule has 0 saturated carbocycles. The summed E-state index contributed by atoms with van der Waals surface area (Å²) >= 11 is 0. The van der Waals surface area contributed by atoms with Gasteiger partial charge in [0.05, 0.1) is 5.75 Å². The predicted molar refractivity (Wildman–Crippen MR) is 62.3 cm³/mol. The summed E-state index contributed by atoms with van der Waals surface area (Å²) in [5, 5.41) is 2.87. The third kappa shape index (κ3) is 3.74. The summed E-state index contributed by atoms with van der Waals surface area (Å²) in [5.74, 6) is 0.212. The van der Waals surface area contributed by atoms with Gasteiger partial charge >= 0.3 is 0 Å². The van der Waals surface area contributed by atoms with Crippen molar-refractivity contribution in [3.05, 3.63) is 0 Å². The Bertz CT molecular complexity index is 289. The molecule has 0 aromatic rings. The molecule has 5 heteroatoms. The van der Waals surface area contributed by atoms with Crippen molar-refractivity contribution in [1.82, 2.24) is 9.62 Å². The van der Waals surface area contributed by atoms with Gasteiger partial charge < -0.3 is 5.32 Å². The summed E-state index contributed by atoms with van der Waals surface area (Å²) in [6.07, 6.45) is 1.93. The first kappa shape index (κ1) is 12.9. The van der Waals surface area contributed by atoms with Gasteiger partial charge in [-0.2, -0.15) is 0 Å². The number of sulfonamides is 1. The zero-order chi connectivity index (χ0) is 11.5. The Morgan fingerprint density at radius 2 is 1.80 bits per heavy atom. The maximum absolute atomic E-state index is 11.8. The fraction of sp³-hybridized carbons (Fsp3) is 1.00. The molecule has 0 aromatic heterocycles. The van der Waals surface area contributed by atoms with Crippen LogP contribution in [0.2, 0.25) is 0 Å². The molecule has 1 saturated heterocycles. The van der Waals surface area contributed by atoms with Crippen molar-refractivity contribution >= 4 is 10.0 Å². The Morgan fingerprint density at radius 1 is 1.27 bits per heavy atom. The molecular formula is C10H22N2O2S. The van der Waals surface area contributed by atoms with Gasteiger partial charge in [-0.3, -0.25) is 0 Å². The SMILES string of the molecule is CNCCS(=O)(=O)N1CCC(C)(C)CC1. The fourth-order valence-electron chi connectivity index (χ4n) is 1.73. The van der Waals surface area contributed by atoms with Crippen molar-refractivity contribution in [2.24, 2.45) is 5.41 Å². The van der Waals surface area contributed by atoms with E-state index in [4.69, 9.17) is 0 Å². The van der Waals surface area contributed by atoms with E-state index < -0.39 is 10.0 Å². The van der Waals surface area contributed by atoms with Crippen molar-refractivity contribution in [3.8, 4) is 0 Å². The number of hydrogen-bond acceptors (Lipinski definition) is 3. The molecule has 15 heavy (non-hydrogen) atoms. The largest absolute Gasteiger partial charge is 0.319 e.